The second-order valence-electron chi connectivity index (χ2n) is 5.40. The average molecular weight is 376 g/mol. The Labute approximate surface area is 153 Å². The third kappa shape index (κ3) is 4.46. The summed E-state index contributed by atoms with van der Waals surface area (Å²) in [6.07, 6.45) is 2.97. The maximum Gasteiger partial charge on any atom is 0.387 e. The second-order valence-corrected chi connectivity index (χ2v) is 5.40. The summed E-state index contributed by atoms with van der Waals surface area (Å²) in [4.78, 5) is 9.43. The quantitative estimate of drug-likeness (QED) is 0.449. The van der Waals surface area contributed by atoms with E-state index in [1.54, 1.807) is 24.4 Å². The molecule has 0 radical (unpaired) electrons. The predicted octanol–water partition coefficient (Wildman–Crippen LogP) is 4.53. The van der Waals surface area contributed by atoms with Gasteiger partial charge in [-0.3, -0.25) is 4.98 Å². The number of rotatable bonds is 7. The third-order valence-electron chi connectivity index (χ3n) is 3.70. The van der Waals surface area contributed by atoms with Crippen molar-refractivity contribution in [3.05, 3.63) is 65.6 Å². The molecule has 0 saturated carbocycles. The molecule has 0 aliphatic heterocycles. The zero-order valence-electron chi connectivity index (χ0n) is 14.2. The molecule has 1 aromatic heterocycles. The first-order valence-corrected chi connectivity index (χ1v) is 7.89. The molecular formula is C19H15F3N2O3. The zero-order chi connectivity index (χ0) is 19.2. The number of pyridine rings is 1. The van der Waals surface area contributed by atoms with Gasteiger partial charge in [0.2, 0.25) is 0 Å². The normalized spacial score (nSPS) is 11.3. The van der Waals surface area contributed by atoms with E-state index in [0.29, 0.717) is 22.0 Å². The summed E-state index contributed by atoms with van der Waals surface area (Å²) >= 11 is 0. The van der Waals surface area contributed by atoms with Crippen LogP contribution in [0.1, 0.15) is 11.1 Å². The molecule has 0 saturated heterocycles. The maximum atomic E-state index is 13.8. The van der Waals surface area contributed by atoms with E-state index in [1.165, 1.54) is 37.6 Å². The van der Waals surface area contributed by atoms with Crippen molar-refractivity contribution in [2.24, 2.45) is 5.16 Å². The molecule has 0 unspecified atom stereocenters. The van der Waals surface area contributed by atoms with Crippen molar-refractivity contribution in [1.29, 1.82) is 0 Å². The van der Waals surface area contributed by atoms with E-state index in [0.717, 1.165) is 0 Å². The van der Waals surface area contributed by atoms with E-state index in [-0.39, 0.29) is 23.9 Å². The van der Waals surface area contributed by atoms with Crippen LogP contribution in [-0.4, -0.2) is 24.9 Å². The highest BCUT2D eigenvalue weighted by molar-refractivity contribution is 5.82. The summed E-state index contributed by atoms with van der Waals surface area (Å²) in [7, 11) is 1.34. The molecule has 2 aromatic carbocycles. The SMILES string of the molecule is COc1cc(C=NOCc2ccc(F)c3cccnc23)ccc1OC(F)F. The fourth-order valence-electron chi connectivity index (χ4n) is 2.48. The number of ether oxygens (including phenoxy) is 2. The van der Waals surface area contributed by atoms with E-state index in [4.69, 9.17) is 9.57 Å². The highest BCUT2D eigenvalue weighted by Gasteiger charge is 2.10. The molecule has 0 bridgehead atoms. The fraction of sp³-hybridized carbons (Fsp3) is 0.158. The van der Waals surface area contributed by atoms with Crippen molar-refractivity contribution < 1.29 is 27.5 Å². The third-order valence-corrected chi connectivity index (χ3v) is 3.70. The van der Waals surface area contributed by atoms with E-state index in [9.17, 15) is 13.2 Å². The van der Waals surface area contributed by atoms with Gasteiger partial charge in [0.15, 0.2) is 11.5 Å². The van der Waals surface area contributed by atoms with Gasteiger partial charge in [0.05, 0.1) is 18.8 Å². The van der Waals surface area contributed by atoms with Crippen molar-refractivity contribution in [2.45, 2.75) is 13.2 Å². The number of methoxy groups -OCH3 is 1. The molecule has 27 heavy (non-hydrogen) atoms. The van der Waals surface area contributed by atoms with Crippen LogP contribution >= 0.6 is 0 Å². The van der Waals surface area contributed by atoms with Crippen molar-refractivity contribution in [2.75, 3.05) is 7.11 Å². The first kappa shape index (κ1) is 18.5. The molecule has 3 aromatic rings. The minimum absolute atomic E-state index is 0.0746. The lowest BCUT2D eigenvalue weighted by Crippen LogP contribution is -2.03. The number of halogens is 3. The average Bonchev–Trinajstić information content (AvgIpc) is 2.67. The number of hydrogen-bond donors (Lipinski definition) is 0. The van der Waals surface area contributed by atoms with Crippen molar-refractivity contribution in [3.63, 3.8) is 0 Å². The van der Waals surface area contributed by atoms with Gasteiger partial charge in [-0.25, -0.2) is 4.39 Å². The van der Waals surface area contributed by atoms with Crippen molar-refractivity contribution in [1.82, 2.24) is 4.98 Å². The predicted molar refractivity (Wildman–Crippen MR) is 93.7 cm³/mol. The summed E-state index contributed by atoms with van der Waals surface area (Å²) in [6, 6.07) is 10.6. The smallest absolute Gasteiger partial charge is 0.387 e. The lowest BCUT2D eigenvalue weighted by atomic mass is 10.1. The van der Waals surface area contributed by atoms with Crippen LogP contribution in [0.5, 0.6) is 11.5 Å². The molecule has 0 N–H and O–H groups in total. The fourth-order valence-corrected chi connectivity index (χ4v) is 2.48. The Balaban J connectivity index is 1.69. The van der Waals surface area contributed by atoms with Gasteiger partial charge < -0.3 is 14.3 Å². The summed E-state index contributed by atoms with van der Waals surface area (Å²) in [5.41, 5.74) is 1.75. The minimum atomic E-state index is -2.94. The number of oxime groups is 1. The lowest BCUT2D eigenvalue weighted by Gasteiger charge is -2.10. The van der Waals surface area contributed by atoms with E-state index >= 15 is 0 Å². The molecule has 0 fully saturated rings. The van der Waals surface area contributed by atoms with Gasteiger partial charge in [-0.05, 0) is 36.4 Å². The Kier molecular flexibility index (Phi) is 5.75. The van der Waals surface area contributed by atoms with E-state index in [2.05, 4.69) is 14.9 Å². The molecule has 8 heteroatoms. The van der Waals surface area contributed by atoms with Crippen molar-refractivity contribution in [3.8, 4) is 11.5 Å². The summed E-state index contributed by atoms with van der Waals surface area (Å²) in [6.45, 7) is -2.85. The van der Waals surface area contributed by atoms with Crippen LogP contribution in [0.2, 0.25) is 0 Å². The Morgan fingerprint density at radius 2 is 2.00 bits per heavy atom. The molecule has 0 aliphatic rings. The Morgan fingerprint density at radius 3 is 2.78 bits per heavy atom. The molecule has 3 rings (SSSR count). The van der Waals surface area contributed by atoms with Crippen LogP contribution in [0.15, 0.2) is 53.8 Å². The zero-order valence-corrected chi connectivity index (χ0v) is 14.2. The first-order valence-electron chi connectivity index (χ1n) is 7.89. The van der Waals surface area contributed by atoms with Gasteiger partial charge >= 0.3 is 6.61 Å². The first-order chi connectivity index (χ1) is 13.1. The van der Waals surface area contributed by atoms with E-state index < -0.39 is 6.61 Å². The number of benzene rings is 2. The van der Waals surface area contributed by atoms with Gasteiger partial charge in [-0.2, -0.15) is 8.78 Å². The second kappa shape index (κ2) is 8.39. The Hall–Kier alpha value is -3.29. The molecule has 0 aliphatic carbocycles. The summed E-state index contributed by atoms with van der Waals surface area (Å²) < 4.78 is 47.8. The molecule has 0 atom stereocenters. The Morgan fingerprint density at radius 1 is 1.15 bits per heavy atom. The lowest BCUT2D eigenvalue weighted by molar-refractivity contribution is -0.0512. The number of fused-ring (bicyclic) bond motifs is 1. The molecule has 5 nitrogen and oxygen atoms in total. The highest BCUT2D eigenvalue weighted by Crippen LogP contribution is 2.29. The van der Waals surface area contributed by atoms with E-state index in [1.807, 2.05) is 0 Å². The standard InChI is InChI=1S/C19H15F3N2O3/c1-25-17-9-12(4-7-16(17)27-19(21)22)10-24-26-11-13-5-6-15(20)14-3-2-8-23-18(13)14/h2-10,19H,11H2,1H3. The minimum Gasteiger partial charge on any atom is -0.493 e. The van der Waals surface area contributed by atoms with Crippen molar-refractivity contribution >= 4 is 17.1 Å². The van der Waals surface area contributed by atoms with Crippen LogP contribution in [0.25, 0.3) is 10.9 Å². The molecule has 0 amide bonds. The molecule has 0 spiro atoms. The van der Waals surface area contributed by atoms with Crippen LogP contribution in [0.4, 0.5) is 13.2 Å². The summed E-state index contributed by atoms with van der Waals surface area (Å²) in [5, 5.41) is 4.25. The van der Waals surface area contributed by atoms with Gasteiger partial charge in [0.1, 0.15) is 12.4 Å². The summed E-state index contributed by atoms with van der Waals surface area (Å²) in [5.74, 6) is -0.286. The number of nitrogens with zero attached hydrogens (tertiary/aromatic N) is 2. The molecule has 1 heterocycles. The maximum absolute atomic E-state index is 13.8. The largest absolute Gasteiger partial charge is 0.493 e. The van der Waals surface area contributed by atoms with Crippen LogP contribution in [0.3, 0.4) is 0 Å². The molecule has 140 valence electrons. The van der Waals surface area contributed by atoms with Crippen LogP contribution in [-0.2, 0) is 11.4 Å². The van der Waals surface area contributed by atoms with Crippen LogP contribution in [0, 0.1) is 5.82 Å². The molecular weight excluding hydrogens is 361 g/mol. The van der Waals surface area contributed by atoms with Gasteiger partial charge in [0, 0.05) is 22.7 Å². The Bertz CT molecular complexity index is 964. The highest BCUT2D eigenvalue weighted by atomic mass is 19.3. The van der Waals surface area contributed by atoms with Crippen LogP contribution < -0.4 is 9.47 Å². The number of aromatic nitrogens is 1. The van der Waals surface area contributed by atoms with Gasteiger partial charge in [0.25, 0.3) is 0 Å². The van der Waals surface area contributed by atoms with Gasteiger partial charge in [-0.1, -0.05) is 11.2 Å². The monoisotopic (exact) mass is 376 g/mol. The number of alkyl halides is 2. The topological polar surface area (TPSA) is 52.9 Å². The number of hydrogen-bond acceptors (Lipinski definition) is 5. The van der Waals surface area contributed by atoms with Gasteiger partial charge in [-0.15, -0.1) is 0 Å².